The van der Waals surface area contributed by atoms with E-state index in [1.165, 1.54) is 35.9 Å². The number of halogens is 3. The van der Waals surface area contributed by atoms with E-state index in [0.29, 0.717) is 67.9 Å². The molecule has 0 radical (unpaired) electrons. The van der Waals surface area contributed by atoms with Crippen LogP contribution in [-0.4, -0.2) is 198 Å². The van der Waals surface area contributed by atoms with Crippen molar-refractivity contribution in [3.05, 3.63) is 124 Å². The van der Waals surface area contributed by atoms with Crippen LogP contribution in [-0.2, 0) is 67.8 Å². The number of likely N-dealkylation sites (N-methyl/N-ethyl adjacent to an activating group) is 1. The van der Waals surface area contributed by atoms with Crippen LogP contribution in [0.2, 0.25) is 0 Å². The molecule has 25 heteroatoms. The number of morpholine rings is 1. The second-order valence-electron chi connectivity index (χ2n) is 25.4. The molecule has 7 atom stereocenters. The van der Waals surface area contributed by atoms with Crippen molar-refractivity contribution in [2.45, 2.75) is 128 Å². The second-order valence-corrected chi connectivity index (χ2v) is 25.4. The molecule has 22 nitrogen and oxygen atoms in total. The summed E-state index contributed by atoms with van der Waals surface area (Å²) in [4.78, 5) is 122. The highest BCUT2D eigenvalue weighted by molar-refractivity contribution is 6.04. The second kappa shape index (κ2) is 27.9. The number of piperazine rings is 1. The Labute approximate surface area is 521 Å². The molecular formula is C65H81F3N10O12. The van der Waals surface area contributed by atoms with Crippen LogP contribution >= 0.6 is 0 Å². The van der Waals surface area contributed by atoms with Crippen molar-refractivity contribution in [2.75, 3.05) is 94.8 Å². The molecule has 9 rings (SSSR count). The lowest BCUT2D eigenvalue weighted by Gasteiger charge is -2.47. The predicted molar refractivity (Wildman–Crippen MR) is 327 cm³/mol. The summed E-state index contributed by atoms with van der Waals surface area (Å²) < 4.78 is 60.8. The highest BCUT2D eigenvalue weighted by atomic mass is 19.1. The zero-order valence-electron chi connectivity index (χ0n) is 52.1. The molecule has 0 saturated carbocycles. The third-order valence-electron chi connectivity index (χ3n) is 17.8. The quantitative estimate of drug-likeness (QED) is 0.0828. The number of benzene rings is 4. The summed E-state index contributed by atoms with van der Waals surface area (Å²) in [7, 11) is 1.39. The van der Waals surface area contributed by atoms with Gasteiger partial charge in [0.1, 0.15) is 46.9 Å². The van der Waals surface area contributed by atoms with Gasteiger partial charge in [-0.25, -0.2) is 22.8 Å². The molecule has 5 aliphatic heterocycles. The molecule has 5 heterocycles. The number of ether oxygens (including phenoxy) is 3. The largest absolute Gasteiger partial charge is 0.465 e. The average Bonchev–Trinajstić information content (AvgIpc) is 1.54. The minimum Gasteiger partial charge on any atom is -0.465 e. The van der Waals surface area contributed by atoms with Crippen molar-refractivity contribution < 1.29 is 70.8 Å². The minimum absolute atomic E-state index is 0.0729. The number of nitrogens with one attached hydrogen (secondary N) is 4. The third-order valence-corrected chi connectivity index (χ3v) is 17.8. The van der Waals surface area contributed by atoms with Crippen LogP contribution in [0.25, 0.3) is 0 Å². The molecule has 5 aliphatic rings. The summed E-state index contributed by atoms with van der Waals surface area (Å²) in [5, 5.41) is 21.0. The highest BCUT2D eigenvalue weighted by Gasteiger charge is 2.49. The van der Waals surface area contributed by atoms with Gasteiger partial charge in [0.25, 0.3) is 0 Å². The summed E-state index contributed by atoms with van der Waals surface area (Å²) in [6, 6.07) is 15.0. The Morgan fingerprint density at radius 2 is 1.52 bits per heavy atom. The lowest BCUT2D eigenvalue weighted by molar-refractivity contribution is -0.146. The van der Waals surface area contributed by atoms with Gasteiger partial charge in [-0.05, 0) is 144 Å². The van der Waals surface area contributed by atoms with Gasteiger partial charge in [0.15, 0.2) is 0 Å². The van der Waals surface area contributed by atoms with Crippen LogP contribution in [0.3, 0.4) is 0 Å². The lowest BCUT2D eigenvalue weighted by Crippen LogP contribution is -2.64. The number of carbonyl (C=O) groups is 8. The molecule has 484 valence electrons. The van der Waals surface area contributed by atoms with E-state index in [4.69, 9.17) is 14.2 Å². The summed E-state index contributed by atoms with van der Waals surface area (Å²) in [6.07, 6.45) is -0.903. The summed E-state index contributed by atoms with van der Waals surface area (Å²) >= 11 is 0. The Kier molecular flexibility index (Phi) is 20.6. The van der Waals surface area contributed by atoms with E-state index in [-0.39, 0.29) is 81.9 Å². The Balaban J connectivity index is 0.935. The SMILES string of the molecule is CC1CN(CC(=O)N2CC(C)(C(=O)NCC(=O)Nc3ccc4c(c3)CN(C(=O)[C@@H](NC(=O)[C@H](C)N(C)C(=O)OC(C)(C)C)C3CCOCC3)[C@H](C(=O)Nc3c(F)cccc3F)C4)c3ccc(Cc4ccc(F)cc4)cc32)C(CN2CCOC[C@H]2C)CN1C(=O)O. The normalized spacial score (nSPS) is 22.1. The van der Waals surface area contributed by atoms with Crippen molar-refractivity contribution in [1.29, 1.82) is 0 Å². The van der Waals surface area contributed by atoms with E-state index in [1.807, 2.05) is 24.0 Å². The van der Waals surface area contributed by atoms with E-state index < -0.39 is 107 Å². The van der Waals surface area contributed by atoms with E-state index in [9.17, 15) is 43.1 Å². The first-order chi connectivity index (χ1) is 42.7. The molecule has 3 fully saturated rings. The van der Waals surface area contributed by atoms with Crippen molar-refractivity contribution in [2.24, 2.45) is 5.92 Å². The monoisotopic (exact) mass is 1250 g/mol. The first kappa shape index (κ1) is 66.3. The number of rotatable bonds is 17. The fourth-order valence-corrected chi connectivity index (χ4v) is 12.5. The Morgan fingerprint density at radius 1 is 0.822 bits per heavy atom. The van der Waals surface area contributed by atoms with Crippen LogP contribution in [0.1, 0.15) is 89.1 Å². The maximum atomic E-state index is 15.2. The molecule has 5 N–H and O–H groups in total. The molecule has 8 amide bonds. The number of hydrogen-bond acceptors (Lipinski definition) is 13. The Morgan fingerprint density at radius 3 is 2.20 bits per heavy atom. The van der Waals surface area contributed by atoms with Gasteiger partial charge in [-0.3, -0.25) is 43.5 Å². The van der Waals surface area contributed by atoms with E-state index in [1.54, 1.807) is 75.9 Å². The van der Waals surface area contributed by atoms with E-state index >= 15 is 13.6 Å². The molecule has 0 aromatic heterocycles. The van der Waals surface area contributed by atoms with E-state index in [0.717, 1.165) is 34.2 Å². The van der Waals surface area contributed by atoms with E-state index in [2.05, 4.69) is 26.2 Å². The number of amides is 8. The maximum absolute atomic E-state index is 15.2. The zero-order valence-corrected chi connectivity index (χ0v) is 52.1. The number of para-hydroxylation sites is 1. The Hall–Kier alpha value is -8.13. The molecule has 90 heavy (non-hydrogen) atoms. The maximum Gasteiger partial charge on any atom is 0.410 e. The molecule has 4 aromatic carbocycles. The summed E-state index contributed by atoms with van der Waals surface area (Å²) in [6.45, 7) is 14.3. The smallest absolute Gasteiger partial charge is 0.410 e. The standard InChI is InChI=1S/C65H81F3N10O12/c1-38-31-75(48(34-76(38)62(85)86)33-74-22-25-89-36-39(74)2)35-55(80)78-37-65(7,49-19-14-42(27-52(49)78)26-41-12-16-46(66)17-13-41)61(84)69-30-54(79)70-47-18-15-44-29-53(59(82)72-57-50(67)10-9-11-51(57)68)77(32-45(44)28-47)60(83)56(43-20-23-88-24-21-43)71-58(81)40(3)73(8)63(87)90-64(4,5)6/h9-19,27-28,38-40,43,48,53,56H,20-26,29-37H2,1-8H3,(H,69,84)(H,70,79)(H,71,81)(H,72,82)(H,85,86)/t38?,39-,40+,48?,53+,56+,65?/m1/s1. The van der Waals surface area contributed by atoms with Crippen LogP contribution < -0.4 is 26.2 Å². The van der Waals surface area contributed by atoms with Gasteiger partial charge in [-0.2, -0.15) is 0 Å². The molecule has 3 saturated heterocycles. The molecule has 3 unspecified atom stereocenters. The van der Waals surface area contributed by atoms with Gasteiger partial charge in [-0.1, -0.05) is 36.4 Å². The van der Waals surface area contributed by atoms with Gasteiger partial charge >= 0.3 is 12.2 Å². The van der Waals surface area contributed by atoms with Gasteiger partial charge in [0.05, 0.1) is 31.7 Å². The lowest BCUT2D eigenvalue weighted by atomic mass is 9.83. The Bertz CT molecular complexity index is 3340. The molecule has 0 aliphatic carbocycles. The topological polar surface area (TPSA) is 252 Å². The van der Waals surface area contributed by atoms with Gasteiger partial charge < -0.3 is 55.3 Å². The van der Waals surface area contributed by atoms with Crippen molar-refractivity contribution in [1.82, 2.24) is 35.1 Å². The fourth-order valence-electron chi connectivity index (χ4n) is 12.5. The first-order valence-electron chi connectivity index (χ1n) is 30.5. The van der Waals surface area contributed by atoms with Gasteiger partial charge in [0.2, 0.25) is 35.4 Å². The average molecular weight is 1250 g/mol. The van der Waals surface area contributed by atoms with Crippen LogP contribution in [0.15, 0.2) is 78.9 Å². The van der Waals surface area contributed by atoms with Gasteiger partial charge in [0, 0.05) is 95.5 Å². The number of hydrogen-bond donors (Lipinski definition) is 5. The van der Waals surface area contributed by atoms with Crippen molar-refractivity contribution in [3.63, 3.8) is 0 Å². The van der Waals surface area contributed by atoms with Crippen LogP contribution in [0, 0.1) is 23.4 Å². The molecular weight excluding hydrogens is 1170 g/mol. The first-order valence-corrected chi connectivity index (χ1v) is 30.5. The minimum atomic E-state index is -1.38. The third kappa shape index (κ3) is 15.4. The molecule has 0 spiro atoms. The van der Waals surface area contributed by atoms with Crippen LogP contribution in [0.4, 0.5) is 39.8 Å². The molecule has 4 aromatic rings. The predicted octanol–water partition coefficient (Wildman–Crippen LogP) is 5.89. The number of carbonyl (C=O) groups excluding carboxylic acids is 7. The van der Waals surface area contributed by atoms with Crippen LogP contribution in [0.5, 0.6) is 0 Å². The highest BCUT2D eigenvalue weighted by Crippen LogP contribution is 2.42. The number of anilines is 3. The number of nitrogens with zero attached hydrogens (tertiary/aromatic N) is 6. The summed E-state index contributed by atoms with van der Waals surface area (Å²) in [5.41, 5.74) is 0.959. The van der Waals surface area contributed by atoms with Crippen molar-refractivity contribution in [3.8, 4) is 0 Å². The van der Waals surface area contributed by atoms with Crippen molar-refractivity contribution >= 4 is 64.7 Å². The number of fused-ring (bicyclic) bond motifs is 2. The molecule has 0 bridgehead atoms. The zero-order chi connectivity index (χ0) is 64.9. The summed E-state index contributed by atoms with van der Waals surface area (Å²) in [5.74, 6) is -6.78. The van der Waals surface area contributed by atoms with Gasteiger partial charge in [-0.15, -0.1) is 0 Å². The fraction of sp³-hybridized carbons (Fsp3) is 0.508. The number of carboxylic acid groups (broad SMARTS) is 1.